The summed E-state index contributed by atoms with van der Waals surface area (Å²) in [7, 11) is 0. The minimum atomic E-state index is -2.43. The van der Waals surface area contributed by atoms with Crippen LogP contribution in [0.1, 0.15) is 12.0 Å². The van der Waals surface area contributed by atoms with Crippen molar-refractivity contribution in [2.24, 2.45) is 0 Å². The maximum Gasteiger partial charge on any atom is 0.261 e. The predicted octanol–water partition coefficient (Wildman–Crippen LogP) is 2.61. The average Bonchev–Trinajstić information content (AvgIpc) is 2.33. The number of rotatable bonds is 7. The van der Waals surface area contributed by atoms with Crippen LogP contribution in [0.2, 0.25) is 0 Å². The summed E-state index contributed by atoms with van der Waals surface area (Å²) >= 11 is 0. The summed E-state index contributed by atoms with van der Waals surface area (Å²) in [5.74, 6) is 0.504. The van der Waals surface area contributed by atoms with E-state index in [-0.39, 0.29) is 6.61 Å². The van der Waals surface area contributed by atoms with Crippen LogP contribution in [-0.2, 0) is 4.74 Å². The van der Waals surface area contributed by atoms with Gasteiger partial charge in [-0.2, -0.15) is 5.26 Å². The van der Waals surface area contributed by atoms with E-state index in [0.29, 0.717) is 24.3 Å². The zero-order valence-corrected chi connectivity index (χ0v) is 9.23. The van der Waals surface area contributed by atoms with Crippen molar-refractivity contribution in [3.8, 4) is 11.8 Å². The van der Waals surface area contributed by atoms with Gasteiger partial charge in [0.1, 0.15) is 18.4 Å². The molecule has 1 aromatic rings. The third kappa shape index (κ3) is 5.27. The molecule has 17 heavy (non-hydrogen) atoms. The molecule has 0 unspecified atom stereocenters. The highest BCUT2D eigenvalue weighted by atomic mass is 19.3. The number of nitriles is 1. The van der Waals surface area contributed by atoms with Crippen molar-refractivity contribution >= 4 is 0 Å². The molecule has 0 saturated heterocycles. The number of hydrogen-bond donors (Lipinski definition) is 0. The van der Waals surface area contributed by atoms with E-state index in [9.17, 15) is 8.78 Å². The molecular weight excluding hydrogens is 228 g/mol. The lowest BCUT2D eigenvalue weighted by Gasteiger charge is -2.07. The lowest BCUT2D eigenvalue weighted by molar-refractivity contribution is 0.0139. The molecule has 0 aliphatic heterocycles. The number of halogens is 2. The molecule has 0 aromatic heterocycles. The van der Waals surface area contributed by atoms with E-state index < -0.39 is 13.0 Å². The highest BCUT2D eigenvalue weighted by Gasteiger charge is 2.03. The van der Waals surface area contributed by atoms with E-state index in [1.54, 1.807) is 24.3 Å². The van der Waals surface area contributed by atoms with Crippen LogP contribution in [-0.4, -0.2) is 26.2 Å². The average molecular weight is 241 g/mol. The number of hydrogen-bond acceptors (Lipinski definition) is 3. The van der Waals surface area contributed by atoms with Crippen molar-refractivity contribution in [3.05, 3.63) is 29.8 Å². The zero-order chi connectivity index (χ0) is 12.5. The molecule has 0 radical (unpaired) electrons. The summed E-state index contributed by atoms with van der Waals surface area (Å²) in [6.45, 7) is 0.00970. The molecule has 5 heteroatoms. The second kappa shape index (κ2) is 7.58. The molecule has 0 spiro atoms. The van der Waals surface area contributed by atoms with Gasteiger partial charge in [-0.15, -0.1) is 0 Å². The standard InChI is InChI=1S/C12H13F2NO2/c13-12(14)9-16-6-3-7-17-11-5-2-1-4-10(11)8-15/h1-2,4-5,12H,3,6-7,9H2. The Morgan fingerprint density at radius 2 is 2.00 bits per heavy atom. The van der Waals surface area contributed by atoms with E-state index >= 15 is 0 Å². The smallest absolute Gasteiger partial charge is 0.261 e. The fourth-order valence-electron chi connectivity index (χ4n) is 1.20. The van der Waals surface area contributed by atoms with Gasteiger partial charge >= 0.3 is 0 Å². The summed E-state index contributed by atoms with van der Waals surface area (Å²) in [5.41, 5.74) is 0.459. The van der Waals surface area contributed by atoms with Gasteiger partial charge in [-0.1, -0.05) is 12.1 Å². The van der Waals surface area contributed by atoms with Gasteiger partial charge in [0.25, 0.3) is 6.43 Å². The first kappa shape index (κ1) is 13.4. The fourth-order valence-corrected chi connectivity index (χ4v) is 1.20. The van der Waals surface area contributed by atoms with Crippen LogP contribution in [0.25, 0.3) is 0 Å². The molecule has 0 aliphatic rings. The lowest BCUT2D eigenvalue weighted by atomic mass is 10.2. The van der Waals surface area contributed by atoms with Crippen LogP contribution in [0.15, 0.2) is 24.3 Å². The largest absolute Gasteiger partial charge is 0.492 e. The van der Waals surface area contributed by atoms with Gasteiger partial charge in [0.2, 0.25) is 0 Å². The SMILES string of the molecule is N#Cc1ccccc1OCCCOCC(F)F. The van der Waals surface area contributed by atoms with Crippen molar-refractivity contribution < 1.29 is 18.3 Å². The fraction of sp³-hybridized carbons (Fsp3) is 0.417. The Kier molecular flexibility index (Phi) is 5.97. The van der Waals surface area contributed by atoms with Gasteiger partial charge in [-0.3, -0.25) is 0 Å². The van der Waals surface area contributed by atoms with Gasteiger partial charge in [0.05, 0.1) is 18.8 Å². The van der Waals surface area contributed by atoms with Crippen LogP contribution in [0.3, 0.4) is 0 Å². The Labute approximate surface area is 98.6 Å². The molecule has 92 valence electrons. The first-order valence-corrected chi connectivity index (χ1v) is 5.22. The lowest BCUT2D eigenvalue weighted by Crippen LogP contribution is -2.08. The van der Waals surface area contributed by atoms with Gasteiger partial charge in [0, 0.05) is 6.42 Å². The molecule has 0 saturated carbocycles. The van der Waals surface area contributed by atoms with Crippen LogP contribution in [0, 0.1) is 11.3 Å². The third-order valence-corrected chi connectivity index (χ3v) is 1.94. The molecule has 0 amide bonds. The molecule has 0 atom stereocenters. The molecule has 0 bridgehead atoms. The van der Waals surface area contributed by atoms with E-state index in [0.717, 1.165) is 0 Å². The van der Waals surface area contributed by atoms with Crippen molar-refractivity contribution in [1.82, 2.24) is 0 Å². The molecule has 0 N–H and O–H groups in total. The topological polar surface area (TPSA) is 42.2 Å². The molecule has 1 aromatic carbocycles. The first-order valence-electron chi connectivity index (χ1n) is 5.22. The van der Waals surface area contributed by atoms with Crippen molar-refractivity contribution in [2.75, 3.05) is 19.8 Å². The summed E-state index contributed by atoms with van der Waals surface area (Å²) in [4.78, 5) is 0. The van der Waals surface area contributed by atoms with Gasteiger partial charge in [-0.05, 0) is 12.1 Å². The Morgan fingerprint density at radius 3 is 2.71 bits per heavy atom. The minimum absolute atomic E-state index is 0.221. The number of alkyl halides is 2. The number of ether oxygens (including phenoxy) is 2. The molecule has 0 aliphatic carbocycles. The van der Waals surface area contributed by atoms with Gasteiger partial charge in [-0.25, -0.2) is 8.78 Å². The highest BCUT2D eigenvalue weighted by molar-refractivity contribution is 5.42. The summed E-state index contributed by atoms with van der Waals surface area (Å²) in [6, 6.07) is 8.87. The zero-order valence-electron chi connectivity index (χ0n) is 9.23. The van der Waals surface area contributed by atoms with E-state index in [2.05, 4.69) is 0 Å². The Morgan fingerprint density at radius 1 is 1.24 bits per heavy atom. The second-order valence-corrected chi connectivity index (χ2v) is 3.28. The van der Waals surface area contributed by atoms with E-state index in [1.165, 1.54) is 0 Å². The molecule has 0 heterocycles. The van der Waals surface area contributed by atoms with E-state index in [4.69, 9.17) is 14.7 Å². The molecule has 1 rings (SSSR count). The van der Waals surface area contributed by atoms with Crippen LogP contribution in [0.4, 0.5) is 8.78 Å². The normalized spacial score (nSPS) is 10.2. The van der Waals surface area contributed by atoms with Gasteiger partial charge < -0.3 is 9.47 Å². The van der Waals surface area contributed by atoms with Crippen LogP contribution >= 0.6 is 0 Å². The van der Waals surface area contributed by atoms with Crippen LogP contribution in [0.5, 0.6) is 5.75 Å². The van der Waals surface area contributed by atoms with E-state index in [1.807, 2.05) is 6.07 Å². The maximum atomic E-state index is 11.7. The molecule has 0 fully saturated rings. The van der Waals surface area contributed by atoms with Crippen molar-refractivity contribution in [2.45, 2.75) is 12.8 Å². The number of para-hydroxylation sites is 1. The number of benzene rings is 1. The summed E-state index contributed by atoms with van der Waals surface area (Å²) in [5, 5.41) is 8.78. The summed E-state index contributed by atoms with van der Waals surface area (Å²) in [6.07, 6.45) is -1.93. The van der Waals surface area contributed by atoms with Crippen molar-refractivity contribution in [3.63, 3.8) is 0 Å². The monoisotopic (exact) mass is 241 g/mol. The molecular formula is C12H13F2NO2. The Bertz CT molecular complexity index is 377. The Balaban J connectivity index is 2.20. The number of nitrogens with zero attached hydrogens (tertiary/aromatic N) is 1. The first-order chi connectivity index (χ1) is 8.24. The summed E-state index contributed by atoms with van der Waals surface area (Å²) < 4.78 is 33.5. The minimum Gasteiger partial charge on any atom is -0.492 e. The predicted molar refractivity (Wildman–Crippen MR) is 58.1 cm³/mol. The van der Waals surface area contributed by atoms with Crippen LogP contribution < -0.4 is 4.74 Å². The second-order valence-electron chi connectivity index (χ2n) is 3.28. The quantitative estimate of drug-likeness (QED) is 0.689. The Hall–Kier alpha value is -1.67. The third-order valence-electron chi connectivity index (χ3n) is 1.94. The maximum absolute atomic E-state index is 11.7. The van der Waals surface area contributed by atoms with Crippen molar-refractivity contribution in [1.29, 1.82) is 5.26 Å². The highest BCUT2D eigenvalue weighted by Crippen LogP contribution is 2.16. The van der Waals surface area contributed by atoms with Gasteiger partial charge in [0.15, 0.2) is 0 Å². The molecule has 3 nitrogen and oxygen atoms in total.